The van der Waals surface area contributed by atoms with Crippen LogP contribution in [-0.4, -0.2) is 28.2 Å². The molecule has 2 aliphatic rings. The number of fused-ring (bicyclic) bond motifs is 2. The van der Waals surface area contributed by atoms with E-state index in [0.29, 0.717) is 16.6 Å². The van der Waals surface area contributed by atoms with Crippen molar-refractivity contribution >= 4 is 35.1 Å². The zero-order valence-electron chi connectivity index (χ0n) is 14.9. The van der Waals surface area contributed by atoms with Crippen molar-refractivity contribution in [1.82, 2.24) is 9.78 Å². The average Bonchev–Trinajstić information content (AvgIpc) is 3.23. The van der Waals surface area contributed by atoms with E-state index in [2.05, 4.69) is 5.32 Å². The number of thioether (sulfide) groups is 1. The summed E-state index contributed by atoms with van der Waals surface area (Å²) in [6.45, 7) is 2.19. The minimum absolute atomic E-state index is 0.0513. The predicted octanol–water partition coefficient (Wildman–Crippen LogP) is 4.34. The van der Waals surface area contributed by atoms with Gasteiger partial charge in [0, 0.05) is 10.6 Å². The predicted molar refractivity (Wildman–Crippen MR) is 109 cm³/mol. The summed E-state index contributed by atoms with van der Waals surface area (Å²) in [4.78, 5) is 12.4. The lowest BCUT2D eigenvalue weighted by Crippen LogP contribution is -2.15. The number of nitrogens with zero attached hydrogens (tertiary/aromatic N) is 2. The summed E-state index contributed by atoms with van der Waals surface area (Å²) in [5.41, 5.74) is 3.74. The SMILES string of the molecule is Cc1nn(-c2ccc(Cl)cc2)c2c1[C@@H](c1ccc3c(c1)OCO3)SCC(=O)N2. The van der Waals surface area contributed by atoms with E-state index in [-0.39, 0.29) is 18.0 Å². The standard InChI is InChI=1S/C20H16ClN3O3S/c1-11-18-19(12-2-7-15-16(8-12)27-10-26-15)28-9-17(25)22-20(18)24(23-11)14-5-3-13(21)4-6-14/h2-8,19H,9-10H2,1H3,(H,22,25)/t19-/m1/s1. The van der Waals surface area contributed by atoms with Crippen molar-refractivity contribution in [3.8, 4) is 17.2 Å². The molecule has 0 spiro atoms. The molecule has 1 amide bonds. The minimum Gasteiger partial charge on any atom is -0.454 e. The number of hydrogen-bond acceptors (Lipinski definition) is 5. The van der Waals surface area contributed by atoms with Crippen LogP contribution in [0.4, 0.5) is 5.82 Å². The smallest absolute Gasteiger partial charge is 0.235 e. The van der Waals surface area contributed by atoms with Gasteiger partial charge >= 0.3 is 0 Å². The Bertz CT molecular complexity index is 1080. The summed E-state index contributed by atoms with van der Waals surface area (Å²) >= 11 is 7.60. The number of aromatic nitrogens is 2. The van der Waals surface area contributed by atoms with E-state index in [9.17, 15) is 4.79 Å². The van der Waals surface area contributed by atoms with Crippen molar-refractivity contribution in [2.45, 2.75) is 12.2 Å². The van der Waals surface area contributed by atoms with Gasteiger partial charge in [-0.3, -0.25) is 4.79 Å². The number of aryl methyl sites for hydroxylation is 1. The van der Waals surface area contributed by atoms with Crippen LogP contribution in [0.15, 0.2) is 42.5 Å². The van der Waals surface area contributed by atoms with Gasteiger partial charge in [0.2, 0.25) is 12.7 Å². The molecule has 1 atom stereocenters. The Morgan fingerprint density at radius 2 is 1.96 bits per heavy atom. The van der Waals surface area contributed by atoms with Crippen molar-refractivity contribution in [2.24, 2.45) is 0 Å². The van der Waals surface area contributed by atoms with E-state index in [4.69, 9.17) is 26.2 Å². The summed E-state index contributed by atoms with van der Waals surface area (Å²) in [5.74, 6) is 2.46. The normalized spacial score (nSPS) is 17.8. The molecule has 8 heteroatoms. The Morgan fingerprint density at radius 1 is 1.18 bits per heavy atom. The molecule has 142 valence electrons. The van der Waals surface area contributed by atoms with Gasteiger partial charge in [-0.2, -0.15) is 5.10 Å². The second kappa shape index (κ2) is 6.76. The van der Waals surface area contributed by atoms with Crippen LogP contribution in [0.2, 0.25) is 5.02 Å². The molecule has 3 heterocycles. The number of benzene rings is 2. The number of rotatable bonds is 2. The average molecular weight is 414 g/mol. The molecule has 3 aromatic rings. The Hall–Kier alpha value is -2.64. The van der Waals surface area contributed by atoms with Crippen LogP contribution >= 0.6 is 23.4 Å². The van der Waals surface area contributed by atoms with Gasteiger partial charge in [-0.1, -0.05) is 17.7 Å². The van der Waals surface area contributed by atoms with E-state index in [0.717, 1.165) is 34.0 Å². The molecule has 0 bridgehead atoms. The van der Waals surface area contributed by atoms with Gasteiger partial charge in [0.05, 0.1) is 22.4 Å². The highest BCUT2D eigenvalue weighted by molar-refractivity contribution is 8.00. The fourth-order valence-corrected chi connectivity index (χ4v) is 4.80. The van der Waals surface area contributed by atoms with Crippen LogP contribution in [-0.2, 0) is 4.79 Å². The number of amides is 1. The number of anilines is 1. The third-order valence-corrected chi connectivity index (χ3v) is 6.30. The molecule has 5 rings (SSSR count). The second-order valence-electron chi connectivity index (χ2n) is 6.59. The molecular formula is C20H16ClN3O3S. The van der Waals surface area contributed by atoms with Crippen LogP contribution < -0.4 is 14.8 Å². The fraction of sp³-hybridized carbons (Fsp3) is 0.200. The zero-order valence-corrected chi connectivity index (χ0v) is 16.5. The molecule has 0 aliphatic carbocycles. The first-order valence-corrected chi connectivity index (χ1v) is 10.2. The lowest BCUT2D eigenvalue weighted by Gasteiger charge is -2.16. The van der Waals surface area contributed by atoms with Gasteiger partial charge in [-0.25, -0.2) is 4.68 Å². The zero-order chi connectivity index (χ0) is 19.3. The molecule has 1 aromatic heterocycles. The minimum atomic E-state index is -0.0514. The first kappa shape index (κ1) is 17.5. The van der Waals surface area contributed by atoms with Gasteiger partial charge in [-0.05, 0) is 48.9 Å². The van der Waals surface area contributed by atoms with E-state index in [1.807, 2.05) is 49.4 Å². The van der Waals surface area contributed by atoms with E-state index < -0.39 is 0 Å². The van der Waals surface area contributed by atoms with Crippen LogP contribution in [0.25, 0.3) is 5.69 Å². The largest absolute Gasteiger partial charge is 0.454 e. The molecular weight excluding hydrogens is 398 g/mol. The highest BCUT2D eigenvalue weighted by atomic mass is 35.5. The third kappa shape index (κ3) is 2.91. The van der Waals surface area contributed by atoms with Gasteiger partial charge < -0.3 is 14.8 Å². The number of carbonyl (C=O) groups excluding carboxylic acids is 1. The number of hydrogen-bond donors (Lipinski definition) is 1. The maximum absolute atomic E-state index is 12.4. The van der Waals surface area contributed by atoms with Crippen molar-refractivity contribution in [1.29, 1.82) is 0 Å². The summed E-state index contributed by atoms with van der Waals surface area (Å²) in [5, 5.41) is 8.33. The number of halogens is 1. The summed E-state index contributed by atoms with van der Waals surface area (Å²) in [7, 11) is 0. The van der Waals surface area contributed by atoms with Crippen molar-refractivity contribution < 1.29 is 14.3 Å². The molecule has 0 unspecified atom stereocenters. The second-order valence-corrected chi connectivity index (χ2v) is 8.12. The van der Waals surface area contributed by atoms with E-state index >= 15 is 0 Å². The molecule has 0 saturated heterocycles. The van der Waals surface area contributed by atoms with Crippen LogP contribution in [0.1, 0.15) is 22.1 Å². The quantitative estimate of drug-likeness (QED) is 0.677. The molecule has 0 radical (unpaired) electrons. The maximum atomic E-state index is 12.4. The first-order valence-electron chi connectivity index (χ1n) is 8.76. The summed E-state index contributed by atoms with van der Waals surface area (Å²) < 4.78 is 12.7. The summed E-state index contributed by atoms with van der Waals surface area (Å²) in [6, 6.07) is 13.3. The van der Waals surface area contributed by atoms with Gasteiger partial charge in [0.15, 0.2) is 11.5 Å². The lowest BCUT2D eigenvalue weighted by molar-refractivity contribution is -0.113. The van der Waals surface area contributed by atoms with Gasteiger partial charge in [-0.15, -0.1) is 11.8 Å². The van der Waals surface area contributed by atoms with E-state index in [1.54, 1.807) is 16.4 Å². The maximum Gasteiger partial charge on any atom is 0.235 e. The first-order chi connectivity index (χ1) is 13.6. The Morgan fingerprint density at radius 3 is 2.79 bits per heavy atom. The van der Waals surface area contributed by atoms with Crippen molar-refractivity contribution in [2.75, 3.05) is 17.9 Å². The van der Waals surface area contributed by atoms with Crippen LogP contribution in [0.5, 0.6) is 11.5 Å². The number of nitrogens with one attached hydrogen (secondary N) is 1. The van der Waals surface area contributed by atoms with Crippen molar-refractivity contribution in [3.63, 3.8) is 0 Å². The van der Waals surface area contributed by atoms with Crippen LogP contribution in [0.3, 0.4) is 0 Å². The van der Waals surface area contributed by atoms with Crippen LogP contribution in [0, 0.1) is 6.92 Å². The Kier molecular flexibility index (Phi) is 4.21. The van der Waals surface area contributed by atoms with E-state index in [1.165, 1.54) is 0 Å². The highest BCUT2D eigenvalue weighted by Gasteiger charge is 2.31. The summed E-state index contributed by atoms with van der Waals surface area (Å²) in [6.07, 6.45) is 0. The molecule has 0 saturated carbocycles. The molecule has 28 heavy (non-hydrogen) atoms. The molecule has 1 N–H and O–H groups in total. The number of carbonyl (C=O) groups is 1. The lowest BCUT2D eigenvalue weighted by atomic mass is 10.0. The number of ether oxygens (including phenoxy) is 2. The fourth-order valence-electron chi connectivity index (χ4n) is 3.49. The topological polar surface area (TPSA) is 65.4 Å². The monoisotopic (exact) mass is 413 g/mol. The molecule has 6 nitrogen and oxygen atoms in total. The molecule has 2 aromatic carbocycles. The highest BCUT2D eigenvalue weighted by Crippen LogP contribution is 2.46. The third-order valence-electron chi connectivity index (χ3n) is 4.78. The Labute approximate surface area is 170 Å². The van der Waals surface area contributed by atoms with Crippen molar-refractivity contribution in [3.05, 3.63) is 64.3 Å². The van der Waals surface area contributed by atoms with Gasteiger partial charge in [0.1, 0.15) is 5.82 Å². The molecule has 0 fully saturated rings. The molecule has 2 aliphatic heterocycles. The Balaban J connectivity index is 1.65. The van der Waals surface area contributed by atoms with Gasteiger partial charge in [0.25, 0.3) is 0 Å².